The molecule has 0 saturated heterocycles. The van der Waals surface area contributed by atoms with Gasteiger partial charge in [-0.15, -0.1) is 11.3 Å². The lowest BCUT2D eigenvalue weighted by Gasteiger charge is -2.11. The molecule has 0 atom stereocenters. The zero-order valence-electron chi connectivity index (χ0n) is 13.2. The van der Waals surface area contributed by atoms with E-state index in [1.807, 2.05) is 35.7 Å². The van der Waals surface area contributed by atoms with Gasteiger partial charge < -0.3 is 10.6 Å². The van der Waals surface area contributed by atoms with Crippen LogP contribution in [0.5, 0.6) is 0 Å². The molecule has 24 heavy (non-hydrogen) atoms. The lowest BCUT2D eigenvalue weighted by molar-refractivity contribution is 0.0952. The predicted octanol–water partition coefficient (Wildman–Crippen LogP) is 3.73. The van der Waals surface area contributed by atoms with E-state index in [4.69, 9.17) is 0 Å². The summed E-state index contributed by atoms with van der Waals surface area (Å²) in [5.74, 6) is 0.510. The van der Waals surface area contributed by atoms with E-state index in [0.717, 1.165) is 17.8 Å². The smallest absolute Gasteiger partial charge is 0.255 e. The largest absolute Gasteiger partial charge is 0.369 e. The third-order valence-corrected chi connectivity index (χ3v) is 4.48. The second-order valence-corrected chi connectivity index (χ2v) is 6.36. The number of anilines is 1. The number of benzene rings is 1. The molecule has 0 unspecified atom stereocenters. The Morgan fingerprint density at radius 2 is 1.92 bits per heavy atom. The summed E-state index contributed by atoms with van der Waals surface area (Å²) >= 11 is 1.63. The average Bonchev–Trinajstić information content (AvgIpc) is 3.15. The standard InChI is InChI=1S/C19H19N3OS/c23-19(22-14-16-8-5-13-24-16)17-9-4-11-20-18(17)21-12-10-15-6-2-1-3-7-15/h1-9,11,13H,10,12,14H2,(H,20,21)(H,22,23). The first-order valence-corrected chi connectivity index (χ1v) is 8.74. The Hall–Kier alpha value is -2.66. The summed E-state index contributed by atoms with van der Waals surface area (Å²) in [6, 6.07) is 17.8. The van der Waals surface area contributed by atoms with Gasteiger partial charge in [0.25, 0.3) is 5.91 Å². The number of thiophene rings is 1. The van der Waals surface area contributed by atoms with E-state index >= 15 is 0 Å². The molecule has 0 saturated carbocycles. The lowest BCUT2D eigenvalue weighted by Crippen LogP contribution is -2.24. The van der Waals surface area contributed by atoms with Crippen molar-refractivity contribution >= 4 is 23.1 Å². The number of rotatable bonds is 7. The molecular formula is C19H19N3OS. The van der Waals surface area contributed by atoms with Crippen LogP contribution < -0.4 is 10.6 Å². The highest BCUT2D eigenvalue weighted by atomic mass is 32.1. The molecule has 0 aliphatic heterocycles. The molecule has 0 aliphatic rings. The fourth-order valence-electron chi connectivity index (χ4n) is 2.38. The van der Waals surface area contributed by atoms with Crippen LogP contribution in [-0.4, -0.2) is 17.4 Å². The van der Waals surface area contributed by atoms with Gasteiger partial charge in [-0.2, -0.15) is 0 Å². The van der Waals surface area contributed by atoms with Crippen LogP contribution in [0.15, 0.2) is 66.2 Å². The van der Waals surface area contributed by atoms with Crippen molar-refractivity contribution in [3.63, 3.8) is 0 Å². The molecule has 1 aromatic carbocycles. The second kappa shape index (κ2) is 8.26. The Morgan fingerprint density at radius 3 is 2.71 bits per heavy atom. The number of amides is 1. The van der Waals surface area contributed by atoms with Crippen molar-refractivity contribution < 1.29 is 4.79 Å². The van der Waals surface area contributed by atoms with Gasteiger partial charge in [0.1, 0.15) is 5.82 Å². The Balaban J connectivity index is 1.58. The summed E-state index contributed by atoms with van der Waals surface area (Å²) in [5.41, 5.74) is 1.83. The summed E-state index contributed by atoms with van der Waals surface area (Å²) in [5, 5.41) is 8.21. The molecule has 2 N–H and O–H groups in total. The molecule has 3 aromatic rings. The van der Waals surface area contributed by atoms with Crippen LogP contribution in [-0.2, 0) is 13.0 Å². The number of carbonyl (C=O) groups is 1. The van der Waals surface area contributed by atoms with E-state index < -0.39 is 0 Å². The molecule has 0 radical (unpaired) electrons. The third-order valence-electron chi connectivity index (χ3n) is 3.60. The number of pyridine rings is 1. The maximum absolute atomic E-state index is 12.4. The summed E-state index contributed by atoms with van der Waals surface area (Å²) in [6.45, 7) is 1.26. The first kappa shape index (κ1) is 16.2. The van der Waals surface area contributed by atoms with Gasteiger partial charge in [-0.25, -0.2) is 4.98 Å². The number of aromatic nitrogens is 1. The van der Waals surface area contributed by atoms with Gasteiger partial charge in [-0.05, 0) is 35.6 Å². The summed E-state index contributed by atoms with van der Waals surface area (Å²) in [7, 11) is 0. The SMILES string of the molecule is O=C(NCc1cccs1)c1cccnc1NCCc1ccccc1. The van der Waals surface area contributed by atoms with Gasteiger partial charge in [0, 0.05) is 17.6 Å². The van der Waals surface area contributed by atoms with Gasteiger partial charge in [0.05, 0.1) is 12.1 Å². The van der Waals surface area contributed by atoms with Crippen molar-refractivity contribution in [2.75, 3.05) is 11.9 Å². The Kier molecular flexibility index (Phi) is 5.58. The van der Waals surface area contributed by atoms with Gasteiger partial charge in [0.15, 0.2) is 0 Å². The van der Waals surface area contributed by atoms with Crippen LogP contribution in [0.2, 0.25) is 0 Å². The zero-order chi connectivity index (χ0) is 16.6. The summed E-state index contributed by atoms with van der Waals surface area (Å²) < 4.78 is 0. The van der Waals surface area contributed by atoms with Crippen molar-refractivity contribution in [2.45, 2.75) is 13.0 Å². The van der Waals surface area contributed by atoms with Gasteiger partial charge >= 0.3 is 0 Å². The predicted molar refractivity (Wildman–Crippen MR) is 98.4 cm³/mol. The average molecular weight is 337 g/mol. The highest BCUT2D eigenvalue weighted by Crippen LogP contribution is 2.13. The lowest BCUT2D eigenvalue weighted by atomic mass is 10.1. The molecule has 0 fully saturated rings. The first-order chi connectivity index (χ1) is 11.8. The van der Waals surface area contributed by atoms with E-state index in [1.165, 1.54) is 5.56 Å². The van der Waals surface area contributed by atoms with Gasteiger partial charge in [-0.3, -0.25) is 4.79 Å². The zero-order valence-corrected chi connectivity index (χ0v) is 14.1. The highest BCUT2D eigenvalue weighted by molar-refractivity contribution is 7.09. The molecule has 5 heteroatoms. The fraction of sp³-hybridized carbons (Fsp3) is 0.158. The highest BCUT2D eigenvalue weighted by Gasteiger charge is 2.11. The molecule has 122 valence electrons. The van der Waals surface area contributed by atoms with Gasteiger partial charge in [-0.1, -0.05) is 36.4 Å². The third kappa shape index (κ3) is 4.43. The summed E-state index contributed by atoms with van der Waals surface area (Å²) in [4.78, 5) is 17.8. The maximum Gasteiger partial charge on any atom is 0.255 e. The van der Waals surface area contributed by atoms with E-state index in [9.17, 15) is 4.79 Å². The van der Waals surface area contributed by atoms with Crippen molar-refractivity contribution in [1.29, 1.82) is 0 Å². The van der Waals surface area contributed by atoms with Crippen LogP contribution in [0, 0.1) is 0 Å². The summed E-state index contributed by atoms with van der Waals surface area (Å²) in [6.07, 6.45) is 2.58. The fourth-order valence-corrected chi connectivity index (χ4v) is 3.02. The Morgan fingerprint density at radius 1 is 1.04 bits per heavy atom. The molecule has 3 rings (SSSR count). The quantitative estimate of drug-likeness (QED) is 0.691. The number of hydrogen-bond donors (Lipinski definition) is 2. The minimum atomic E-state index is -0.112. The van der Waals surface area contributed by atoms with E-state index in [1.54, 1.807) is 29.7 Å². The molecule has 0 aliphatic carbocycles. The van der Waals surface area contributed by atoms with Crippen molar-refractivity contribution in [1.82, 2.24) is 10.3 Å². The molecule has 4 nitrogen and oxygen atoms in total. The van der Waals surface area contributed by atoms with Crippen LogP contribution >= 0.6 is 11.3 Å². The topological polar surface area (TPSA) is 54.0 Å². The van der Waals surface area contributed by atoms with Crippen LogP contribution in [0.25, 0.3) is 0 Å². The molecule has 0 spiro atoms. The molecule has 0 bridgehead atoms. The number of nitrogens with one attached hydrogen (secondary N) is 2. The maximum atomic E-state index is 12.4. The first-order valence-electron chi connectivity index (χ1n) is 7.86. The minimum Gasteiger partial charge on any atom is -0.369 e. The minimum absolute atomic E-state index is 0.112. The van der Waals surface area contributed by atoms with Crippen molar-refractivity contribution in [3.05, 3.63) is 82.2 Å². The monoisotopic (exact) mass is 337 g/mol. The van der Waals surface area contributed by atoms with Gasteiger partial charge in [0.2, 0.25) is 0 Å². The van der Waals surface area contributed by atoms with Crippen LogP contribution in [0.1, 0.15) is 20.8 Å². The van der Waals surface area contributed by atoms with E-state index in [2.05, 4.69) is 27.8 Å². The number of hydrogen-bond acceptors (Lipinski definition) is 4. The normalized spacial score (nSPS) is 10.3. The van der Waals surface area contributed by atoms with Crippen molar-refractivity contribution in [3.8, 4) is 0 Å². The Bertz CT molecular complexity index is 772. The molecular weight excluding hydrogens is 318 g/mol. The Labute approximate surface area is 145 Å². The molecule has 2 heterocycles. The molecule has 2 aromatic heterocycles. The van der Waals surface area contributed by atoms with Crippen LogP contribution in [0.3, 0.4) is 0 Å². The van der Waals surface area contributed by atoms with Crippen LogP contribution in [0.4, 0.5) is 5.82 Å². The van der Waals surface area contributed by atoms with Crippen molar-refractivity contribution in [2.24, 2.45) is 0 Å². The second-order valence-electron chi connectivity index (χ2n) is 5.32. The molecule has 1 amide bonds. The number of nitrogens with zero attached hydrogens (tertiary/aromatic N) is 1. The number of carbonyl (C=O) groups excluding carboxylic acids is 1. The van der Waals surface area contributed by atoms with E-state index in [-0.39, 0.29) is 5.91 Å². The van der Waals surface area contributed by atoms with E-state index in [0.29, 0.717) is 17.9 Å².